The maximum atomic E-state index is 6.74. The number of rotatable bonds is 9. The molecule has 0 atom stereocenters. The summed E-state index contributed by atoms with van der Waals surface area (Å²) in [5.41, 5.74) is 21.1. The molecule has 0 saturated carbocycles. The van der Waals surface area contributed by atoms with Gasteiger partial charge in [0.05, 0.1) is 16.8 Å². The average molecular weight is 880 g/mol. The fraction of sp³-hybridized carbons (Fsp3) is 0.0149. The highest BCUT2D eigenvalue weighted by Crippen LogP contribution is 2.58. The minimum absolute atomic E-state index is 0.500. The van der Waals surface area contributed by atoms with Gasteiger partial charge in [0.2, 0.25) is 0 Å². The van der Waals surface area contributed by atoms with Crippen LogP contribution in [0, 0.1) is 0 Å². The van der Waals surface area contributed by atoms with Crippen LogP contribution in [0.25, 0.3) is 77.6 Å². The highest BCUT2D eigenvalue weighted by Gasteiger charge is 2.46. The second-order valence-electron chi connectivity index (χ2n) is 17.9. The zero-order valence-corrected chi connectivity index (χ0v) is 37.8. The molecule has 0 N–H and O–H groups in total. The molecule has 1 heterocycles. The number of furan rings is 1. The predicted molar refractivity (Wildman–Crippen MR) is 287 cm³/mol. The van der Waals surface area contributed by atoms with Gasteiger partial charge < -0.3 is 9.32 Å². The van der Waals surface area contributed by atoms with Crippen molar-refractivity contribution in [2.75, 3.05) is 4.90 Å². The van der Waals surface area contributed by atoms with Gasteiger partial charge in [0.15, 0.2) is 0 Å². The van der Waals surface area contributed by atoms with Crippen molar-refractivity contribution in [1.29, 1.82) is 0 Å². The Hall–Kier alpha value is -8.98. The van der Waals surface area contributed by atoms with E-state index >= 15 is 0 Å². The van der Waals surface area contributed by atoms with Crippen LogP contribution in [0.5, 0.6) is 0 Å². The SMILES string of the molecule is c1ccc(-c2ccc(-c3ccccc3N(c3cccc(-c4cccc5c4-c4ccccc4C5(c4ccccc4)c4ccccc4)c3)c3ccccc3-c3cccc4c3oc3ccccc34)cc2)cc1. The van der Waals surface area contributed by atoms with Crippen molar-refractivity contribution in [1.82, 2.24) is 0 Å². The first kappa shape index (κ1) is 40.3. The Labute approximate surface area is 402 Å². The molecule has 1 aliphatic rings. The summed E-state index contributed by atoms with van der Waals surface area (Å²) in [5, 5.41) is 2.21. The van der Waals surface area contributed by atoms with E-state index < -0.39 is 5.41 Å². The molecule has 0 unspecified atom stereocenters. The van der Waals surface area contributed by atoms with E-state index in [1.54, 1.807) is 0 Å². The molecule has 13 rings (SSSR count). The van der Waals surface area contributed by atoms with Crippen LogP contribution in [0.3, 0.4) is 0 Å². The van der Waals surface area contributed by atoms with Gasteiger partial charge in [0.1, 0.15) is 11.2 Å². The third-order valence-electron chi connectivity index (χ3n) is 14.2. The molecule has 0 aliphatic heterocycles. The molecular weight excluding hydrogens is 835 g/mol. The molecule has 324 valence electrons. The largest absolute Gasteiger partial charge is 0.455 e. The molecule has 2 heteroatoms. The average Bonchev–Trinajstić information content (AvgIpc) is 3.97. The molecule has 0 spiro atoms. The molecule has 0 saturated heterocycles. The molecule has 0 amide bonds. The second-order valence-corrected chi connectivity index (χ2v) is 17.9. The molecule has 1 aliphatic carbocycles. The molecule has 12 aromatic rings. The van der Waals surface area contributed by atoms with E-state index in [0.29, 0.717) is 0 Å². The highest BCUT2D eigenvalue weighted by atomic mass is 16.3. The summed E-state index contributed by atoms with van der Waals surface area (Å²) in [6.45, 7) is 0. The quantitative estimate of drug-likeness (QED) is 0.144. The zero-order chi connectivity index (χ0) is 45.7. The van der Waals surface area contributed by atoms with E-state index in [0.717, 1.165) is 66.8 Å². The van der Waals surface area contributed by atoms with Crippen molar-refractivity contribution < 1.29 is 4.42 Å². The van der Waals surface area contributed by atoms with Gasteiger partial charge in [-0.3, -0.25) is 0 Å². The van der Waals surface area contributed by atoms with Crippen LogP contribution < -0.4 is 4.90 Å². The lowest BCUT2D eigenvalue weighted by molar-refractivity contribution is 0.670. The van der Waals surface area contributed by atoms with Gasteiger partial charge in [0.25, 0.3) is 0 Å². The maximum Gasteiger partial charge on any atom is 0.143 e. The molecule has 0 bridgehead atoms. The first-order chi connectivity index (χ1) is 34.3. The lowest BCUT2D eigenvalue weighted by Gasteiger charge is -2.34. The number of fused-ring (bicyclic) bond motifs is 6. The number of nitrogens with zero attached hydrogens (tertiary/aromatic N) is 1. The van der Waals surface area contributed by atoms with E-state index in [1.807, 2.05) is 6.07 Å². The van der Waals surface area contributed by atoms with E-state index in [4.69, 9.17) is 4.42 Å². The Balaban J connectivity index is 1.04. The van der Waals surface area contributed by atoms with E-state index in [2.05, 4.69) is 272 Å². The summed E-state index contributed by atoms with van der Waals surface area (Å²) in [6.07, 6.45) is 0. The summed E-state index contributed by atoms with van der Waals surface area (Å²) in [6, 6.07) is 99.2. The van der Waals surface area contributed by atoms with Crippen LogP contribution in [0.4, 0.5) is 17.1 Å². The van der Waals surface area contributed by atoms with Crippen molar-refractivity contribution >= 4 is 39.0 Å². The first-order valence-corrected chi connectivity index (χ1v) is 23.8. The summed E-state index contributed by atoms with van der Waals surface area (Å²) >= 11 is 0. The molecule has 69 heavy (non-hydrogen) atoms. The van der Waals surface area contributed by atoms with Gasteiger partial charge in [-0.1, -0.05) is 243 Å². The predicted octanol–water partition coefficient (Wildman–Crippen LogP) is 18.1. The lowest BCUT2D eigenvalue weighted by Crippen LogP contribution is -2.28. The molecule has 2 nitrogen and oxygen atoms in total. The number of hydrogen-bond donors (Lipinski definition) is 0. The van der Waals surface area contributed by atoms with E-state index in [-0.39, 0.29) is 0 Å². The minimum atomic E-state index is -0.500. The smallest absolute Gasteiger partial charge is 0.143 e. The first-order valence-electron chi connectivity index (χ1n) is 23.8. The standard InChI is InChI=1S/C67H45NO/c1-4-21-46(22-5-1)47-41-43-48(44-42-47)53-29-11-15-38-62(53)68(63-39-16-12-30-55(63)57-34-19-35-58-56-31-13-17-40-64(56)69-66(57)58)52-28-18-23-49(45-52)54-33-20-37-61-65(54)59-32-10-14-36-60(59)67(61,50-24-6-2-7-25-50)51-26-8-3-9-27-51/h1-45H. The monoisotopic (exact) mass is 879 g/mol. The topological polar surface area (TPSA) is 16.4 Å². The molecule has 0 radical (unpaired) electrons. The van der Waals surface area contributed by atoms with E-state index in [1.165, 1.54) is 50.1 Å². The van der Waals surface area contributed by atoms with Crippen LogP contribution in [0.2, 0.25) is 0 Å². The molecule has 1 aromatic heterocycles. The number of anilines is 3. The molecule has 11 aromatic carbocycles. The normalized spacial score (nSPS) is 12.5. The van der Waals surface area contributed by atoms with Crippen LogP contribution in [0.15, 0.2) is 277 Å². The van der Waals surface area contributed by atoms with Crippen LogP contribution in [0.1, 0.15) is 22.3 Å². The van der Waals surface area contributed by atoms with Gasteiger partial charge in [-0.2, -0.15) is 0 Å². The Morgan fingerprint density at radius 2 is 0.797 bits per heavy atom. The number of benzene rings is 11. The Bertz CT molecular complexity index is 3790. The maximum absolute atomic E-state index is 6.74. The number of hydrogen-bond acceptors (Lipinski definition) is 2. The highest BCUT2D eigenvalue weighted by molar-refractivity contribution is 6.11. The number of para-hydroxylation sites is 4. The van der Waals surface area contributed by atoms with Crippen LogP contribution in [-0.2, 0) is 5.41 Å². The third-order valence-corrected chi connectivity index (χ3v) is 14.2. The summed E-state index contributed by atoms with van der Waals surface area (Å²) in [5.74, 6) is 0. The van der Waals surface area contributed by atoms with Crippen molar-refractivity contribution in [2.24, 2.45) is 0 Å². The Morgan fingerprint density at radius 1 is 0.304 bits per heavy atom. The summed E-state index contributed by atoms with van der Waals surface area (Å²) < 4.78 is 6.74. The van der Waals surface area contributed by atoms with Gasteiger partial charge in [-0.05, 0) is 91.5 Å². The Kier molecular flexibility index (Phi) is 9.77. The van der Waals surface area contributed by atoms with Gasteiger partial charge >= 0.3 is 0 Å². The van der Waals surface area contributed by atoms with Gasteiger partial charge in [0, 0.05) is 33.2 Å². The van der Waals surface area contributed by atoms with Crippen molar-refractivity contribution in [3.8, 4) is 55.6 Å². The van der Waals surface area contributed by atoms with Crippen molar-refractivity contribution in [3.05, 3.63) is 295 Å². The second kappa shape index (κ2) is 16.7. The fourth-order valence-electron chi connectivity index (χ4n) is 11.2. The Morgan fingerprint density at radius 3 is 1.55 bits per heavy atom. The summed E-state index contributed by atoms with van der Waals surface area (Å²) in [7, 11) is 0. The zero-order valence-electron chi connectivity index (χ0n) is 37.8. The third kappa shape index (κ3) is 6.56. The summed E-state index contributed by atoms with van der Waals surface area (Å²) in [4.78, 5) is 2.45. The molecular formula is C67H45NO. The van der Waals surface area contributed by atoms with Crippen LogP contribution >= 0.6 is 0 Å². The minimum Gasteiger partial charge on any atom is -0.455 e. The lowest BCUT2D eigenvalue weighted by atomic mass is 9.67. The van der Waals surface area contributed by atoms with Gasteiger partial charge in [-0.15, -0.1) is 0 Å². The van der Waals surface area contributed by atoms with Crippen LogP contribution in [-0.4, -0.2) is 0 Å². The molecule has 0 fully saturated rings. The fourth-order valence-corrected chi connectivity index (χ4v) is 11.2. The van der Waals surface area contributed by atoms with Gasteiger partial charge in [-0.25, -0.2) is 0 Å². The van der Waals surface area contributed by atoms with E-state index in [9.17, 15) is 0 Å². The van der Waals surface area contributed by atoms with Crippen molar-refractivity contribution in [3.63, 3.8) is 0 Å². The van der Waals surface area contributed by atoms with Crippen molar-refractivity contribution in [2.45, 2.75) is 5.41 Å².